The van der Waals surface area contributed by atoms with Gasteiger partial charge in [-0.25, -0.2) is 13.2 Å². The van der Waals surface area contributed by atoms with Gasteiger partial charge in [-0.2, -0.15) is 0 Å². The van der Waals surface area contributed by atoms with Crippen LogP contribution in [0.2, 0.25) is 5.02 Å². The lowest BCUT2D eigenvalue weighted by molar-refractivity contribution is 0.251. The van der Waals surface area contributed by atoms with Gasteiger partial charge in [0.05, 0.1) is 10.6 Å². The van der Waals surface area contributed by atoms with Gasteiger partial charge in [0.15, 0.2) is 9.84 Å². The van der Waals surface area contributed by atoms with Crippen LogP contribution in [0.15, 0.2) is 53.4 Å². The molecule has 7 heteroatoms. The predicted octanol–water partition coefficient (Wildman–Crippen LogP) is 3.46. The van der Waals surface area contributed by atoms with E-state index in [1.807, 2.05) is 18.2 Å². The summed E-state index contributed by atoms with van der Waals surface area (Å²) >= 11 is 6.01. The zero-order valence-corrected chi connectivity index (χ0v) is 14.1. The Kier molecular flexibility index (Phi) is 5.63. The van der Waals surface area contributed by atoms with Gasteiger partial charge >= 0.3 is 6.03 Å². The monoisotopic (exact) mass is 352 g/mol. The minimum Gasteiger partial charge on any atom is -0.334 e. The molecule has 0 radical (unpaired) electrons. The van der Waals surface area contributed by atoms with Crippen molar-refractivity contribution in [2.45, 2.75) is 18.4 Å². The van der Waals surface area contributed by atoms with Crippen LogP contribution in [0.1, 0.15) is 12.5 Å². The van der Waals surface area contributed by atoms with E-state index in [2.05, 4.69) is 10.6 Å². The molecule has 2 aromatic carbocycles. The van der Waals surface area contributed by atoms with Gasteiger partial charge in [-0.3, -0.25) is 0 Å². The number of urea groups is 1. The maximum atomic E-state index is 11.9. The van der Waals surface area contributed by atoms with E-state index in [4.69, 9.17) is 11.6 Å². The standard InChI is InChI=1S/C16H17ClN2O3S/c1-2-23(21,22)14-9-7-13(8-10-14)19-16(20)18-11-12-5-3-4-6-15(12)17/h3-10H,2,11H2,1H3,(H2,18,19,20). The molecule has 0 aromatic heterocycles. The van der Waals surface area contributed by atoms with Crippen molar-refractivity contribution in [3.8, 4) is 0 Å². The average Bonchev–Trinajstić information content (AvgIpc) is 2.54. The van der Waals surface area contributed by atoms with Gasteiger partial charge < -0.3 is 10.6 Å². The third-order valence-electron chi connectivity index (χ3n) is 3.25. The second-order valence-corrected chi connectivity index (χ2v) is 7.51. The summed E-state index contributed by atoms with van der Waals surface area (Å²) in [5.41, 5.74) is 1.32. The number of rotatable bonds is 5. The first kappa shape index (κ1) is 17.3. The lowest BCUT2D eigenvalue weighted by Gasteiger charge is -2.09. The second-order valence-electron chi connectivity index (χ2n) is 4.83. The molecule has 2 N–H and O–H groups in total. The molecule has 0 fully saturated rings. The molecule has 0 heterocycles. The van der Waals surface area contributed by atoms with Crippen molar-refractivity contribution in [2.75, 3.05) is 11.1 Å². The fraction of sp³-hybridized carbons (Fsp3) is 0.188. The van der Waals surface area contributed by atoms with Gasteiger partial charge in [-0.1, -0.05) is 36.7 Å². The Hall–Kier alpha value is -2.05. The highest BCUT2D eigenvalue weighted by Gasteiger charge is 2.11. The molecule has 0 aliphatic rings. The van der Waals surface area contributed by atoms with E-state index in [1.54, 1.807) is 25.1 Å². The minimum atomic E-state index is -3.24. The summed E-state index contributed by atoms with van der Waals surface area (Å²) in [6.07, 6.45) is 0. The van der Waals surface area contributed by atoms with Crippen molar-refractivity contribution in [1.29, 1.82) is 0 Å². The molecule has 23 heavy (non-hydrogen) atoms. The molecule has 2 aromatic rings. The summed E-state index contributed by atoms with van der Waals surface area (Å²) in [6, 6.07) is 12.9. The molecular weight excluding hydrogens is 336 g/mol. The fourth-order valence-corrected chi connectivity index (χ4v) is 2.99. The first-order valence-electron chi connectivity index (χ1n) is 7.03. The SMILES string of the molecule is CCS(=O)(=O)c1ccc(NC(=O)NCc2ccccc2Cl)cc1. The van der Waals surface area contributed by atoms with E-state index in [9.17, 15) is 13.2 Å². The zero-order chi connectivity index (χ0) is 16.9. The Morgan fingerprint density at radius 2 is 1.74 bits per heavy atom. The number of carbonyl (C=O) groups excluding carboxylic acids is 1. The van der Waals surface area contributed by atoms with E-state index in [0.29, 0.717) is 17.3 Å². The summed E-state index contributed by atoms with van der Waals surface area (Å²) < 4.78 is 23.4. The van der Waals surface area contributed by atoms with Crippen LogP contribution in [0, 0.1) is 0 Å². The maximum absolute atomic E-state index is 11.9. The summed E-state index contributed by atoms with van der Waals surface area (Å²) in [5, 5.41) is 5.92. The molecule has 2 rings (SSSR count). The quantitative estimate of drug-likeness (QED) is 0.865. The molecular formula is C16H17ClN2O3S. The van der Waals surface area contributed by atoms with Crippen LogP contribution < -0.4 is 10.6 Å². The van der Waals surface area contributed by atoms with Crippen molar-refractivity contribution in [3.05, 3.63) is 59.1 Å². The Balaban J connectivity index is 1.94. The number of halogens is 1. The van der Waals surface area contributed by atoms with Gasteiger partial charge in [-0.05, 0) is 35.9 Å². The lowest BCUT2D eigenvalue weighted by Crippen LogP contribution is -2.28. The number of hydrogen-bond donors (Lipinski definition) is 2. The van der Waals surface area contributed by atoms with Crippen LogP contribution in [0.25, 0.3) is 0 Å². The Morgan fingerprint density at radius 1 is 1.09 bits per heavy atom. The number of benzene rings is 2. The van der Waals surface area contributed by atoms with Crippen LogP contribution in [-0.2, 0) is 16.4 Å². The highest BCUT2D eigenvalue weighted by atomic mass is 35.5. The number of nitrogens with one attached hydrogen (secondary N) is 2. The molecule has 122 valence electrons. The van der Waals surface area contributed by atoms with E-state index < -0.39 is 15.9 Å². The van der Waals surface area contributed by atoms with Gasteiger partial charge in [0.1, 0.15) is 0 Å². The first-order valence-corrected chi connectivity index (χ1v) is 9.06. The molecule has 0 aliphatic heterocycles. The molecule has 0 bridgehead atoms. The van der Waals surface area contributed by atoms with Crippen molar-refractivity contribution in [1.82, 2.24) is 5.32 Å². The summed E-state index contributed by atoms with van der Waals surface area (Å²) in [4.78, 5) is 12.1. The topological polar surface area (TPSA) is 75.3 Å². The normalized spacial score (nSPS) is 11.0. The van der Waals surface area contributed by atoms with Crippen molar-refractivity contribution >= 4 is 33.2 Å². The van der Waals surface area contributed by atoms with Crippen LogP contribution in [0.4, 0.5) is 10.5 Å². The van der Waals surface area contributed by atoms with Gasteiger partial charge in [0.25, 0.3) is 0 Å². The minimum absolute atomic E-state index is 0.0398. The highest BCUT2D eigenvalue weighted by molar-refractivity contribution is 7.91. The van der Waals surface area contributed by atoms with Gasteiger partial charge in [-0.15, -0.1) is 0 Å². The van der Waals surface area contributed by atoms with Gasteiger partial charge in [0.2, 0.25) is 0 Å². The van der Waals surface area contributed by atoms with Crippen molar-refractivity contribution in [3.63, 3.8) is 0 Å². The molecule has 0 unspecified atom stereocenters. The number of carbonyl (C=O) groups is 1. The van der Waals surface area contributed by atoms with Crippen LogP contribution in [-0.4, -0.2) is 20.2 Å². The van der Waals surface area contributed by atoms with Gasteiger partial charge in [0, 0.05) is 17.3 Å². The summed E-state index contributed by atoms with van der Waals surface area (Å²) in [7, 11) is -3.24. The van der Waals surface area contributed by atoms with Crippen molar-refractivity contribution < 1.29 is 13.2 Å². The lowest BCUT2D eigenvalue weighted by atomic mass is 10.2. The van der Waals surface area contributed by atoms with E-state index in [0.717, 1.165) is 5.56 Å². The van der Waals surface area contributed by atoms with Crippen LogP contribution in [0.5, 0.6) is 0 Å². The summed E-state index contributed by atoms with van der Waals surface area (Å²) in [6.45, 7) is 1.89. The smallest absolute Gasteiger partial charge is 0.319 e. The Morgan fingerprint density at radius 3 is 2.35 bits per heavy atom. The van der Waals surface area contributed by atoms with E-state index >= 15 is 0 Å². The fourth-order valence-electron chi connectivity index (χ4n) is 1.90. The third kappa shape index (κ3) is 4.71. The molecule has 0 spiro atoms. The van der Waals surface area contributed by atoms with Crippen LogP contribution in [0.3, 0.4) is 0 Å². The van der Waals surface area contributed by atoms with E-state index in [-0.39, 0.29) is 10.6 Å². The Bertz CT molecular complexity index is 789. The predicted molar refractivity (Wildman–Crippen MR) is 91.5 cm³/mol. The molecule has 0 aliphatic carbocycles. The number of anilines is 1. The number of hydrogen-bond acceptors (Lipinski definition) is 3. The number of sulfone groups is 1. The third-order valence-corrected chi connectivity index (χ3v) is 5.37. The molecule has 0 saturated heterocycles. The largest absolute Gasteiger partial charge is 0.334 e. The molecule has 0 atom stereocenters. The number of amides is 2. The molecule has 0 saturated carbocycles. The summed E-state index contributed by atoms with van der Waals surface area (Å²) in [5.74, 6) is 0.0398. The first-order chi connectivity index (χ1) is 10.9. The Labute approximate surface area is 140 Å². The van der Waals surface area contributed by atoms with Crippen LogP contribution >= 0.6 is 11.6 Å². The second kappa shape index (κ2) is 7.48. The van der Waals surface area contributed by atoms with E-state index in [1.165, 1.54) is 12.1 Å². The van der Waals surface area contributed by atoms with Crippen molar-refractivity contribution in [2.24, 2.45) is 0 Å². The maximum Gasteiger partial charge on any atom is 0.319 e. The average molecular weight is 353 g/mol. The zero-order valence-electron chi connectivity index (χ0n) is 12.5. The highest BCUT2D eigenvalue weighted by Crippen LogP contribution is 2.16. The molecule has 2 amide bonds. The molecule has 5 nitrogen and oxygen atoms in total.